The average molecular weight is 238 g/mol. The third-order valence-corrected chi connectivity index (χ3v) is 2.79. The normalized spacial score (nSPS) is 10.7. The summed E-state index contributed by atoms with van der Waals surface area (Å²) in [6.07, 6.45) is 3.09. The zero-order chi connectivity index (χ0) is 12.5. The van der Waals surface area contributed by atoms with Gasteiger partial charge in [-0.05, 0) is 12.1 Å². The molecule has 0 unspecified atom stereocenters. The van der Waals surface area contributed by atoms with E-state index in [9.17, 15) is 4.79 Å². The molecule has 0 spiro atoms. The quantitative estimate of drug-likeness (QED) is 0.666. The Morgan fingerprint density at radius 1 is 1.17 bits per heavy atom. The Balaban J connectivity index is 2.21. The maximum atomic E-state index is 12.4. The van der Waals surface area contributed by atoms with Gasteiger partial charge in [-0.2, -0.15) is 5.10 Å². The molecule has 0 saturated heterocycles. The topological polar surface area (TPSA) is 84.7 Å². The summed E-state index contributed by atoms with van der Waals surface area (Å²) < 4.78 is 0. The van der Waals surface area contributed by atoms with Gasteiger partial charge in [0.1, 0.15) is 5.82 Å². The van der Waals surface area contributed by atoms with Gasteiger partial charge in [0.2, 0.25) is 5.78 Å². The first-order chi connectivity index (χ1) is 8.77. The van der Waals surface area contributed by atoms with E-state index in [4.69, 9.17) is 5.73 Å². The van der Waals surface area contributed by atoms with E-state index in [1.807, 2.05) is 24.3 Å². The van der Waals surface area contributed by atoms with Crippen LogP contribution >= 0.6 is 0 Å². The summed E-state index contributed by atoms with van der Waals surface area (Å²) in [7, 11) is 0. The molecule has 2 aromatic heterocycles. The molecule has 0 saturated carbocycles. The summed E-state index contributed by atoms with van der Waals surface area (Å²) in [5.74, 6) is 0.0958. The molecule has 0 aliphatic heterocycles. The summed E-state index contributed by atoms with van der Waals surface area (Å²) in [6, 6.07) is 9.23. The Bertz CT molecular complexity index is 727. The Labute approximate surface area is 103 Å². The van der Waals surface area contributed by atoms with Crippen LogP contribution in [0.3, 0.4) is 0 Å². The van der Waals surface area contributed by atoms with E-state index in [0.29, 0.717) is 16.6 Å². The number of anilines is 1. The standard InChI is InChI=1S/C13H10N4O/c14-13-10(7-16-17-13)12(18)9-5-1-3-8-4-2-6-15-11(8)9/h1-7H,(H3,14,16,17). The van der Waals surface area contributed by atoms with Crippen molar-refractivity contribution in [2.45, 2.75) is 0 Å². The third kappa shape index (κ3) is 1.53. The number of H-pyrrole nitrogens is 1. The smallest absolute Gasteiger partial charge is 0.200 e. The van der Waals surface area contributed by atoms with Gasteiger partial charge in [-0.1, -0.05) is 18.2 Å². The summed E-state index contributed by atoms with van der Waals surface area (Å²) >= 11 is 0. The van der Waals surface area contributed by atoms with Crippen LogP contribution in [0.15, 0.2) is 42.7 Å². The lowest BCUT2D eigenvalue weighted by molar-refractivity contribution is 0.104. The van der Waals surface area contributed by atoms with Gasteiger partial charge in [-0.3, -0.25) is 14.9 Å². The highest BCUT2D eigenvalue weighted by molar-refractivity contribution is 6.17. The van der Waals surface area contributed by atoms with Crippen molar-refractivity contribution in [3.05, 3.63) is 53.9 Å². The predicted octanol–water partition coefficient (Wildman–Crippen LogP) is 1.77. The van der Waals surface area contributed by atoms with Crippen molar-refractivity contribution in [3.63, 3.8) is 0 Å². The highest BCUT2D eigenvalue weighted by Gasteiger charge is 2.16. The number of ketones is 1. The van der Waals surface area contributed by atoms with Crippen molar-refractivity contribution in [3.8, 4) is 0 Å². The first kappa shape index (κ1) is 10.5. The molecule has 0 aliphatic rings. The number of fused-ring (bicyclic) bond motifs is 1. The minimum atomic E-state index is -0.175. The summed E-state index contributed by atoms with van der Waals surface area (Å²) in [5, 5.41) is 7.23. The number of hydrogen-bond acceptors (Lipinski definition) is 4. The van der Waals surface area contributed by atoms with E-state index >= 15 is 0 Å². The molecule has 3 rings (SSSR count). The average Bonchev–Trinajstić information content (AvgIpc) is 2.83. The monoisotopic (exact) mass is 238 g/mol. The van der Waals surface area contributed by atoms with Crippen molar-refractivity contribution in [2.24, 2.45) is 0 Å². The Morgan fingerprint density at radius 2 is 2.00 bits per heavy atom. The van der Waals surface area contributed by atoms with E-state index in [0.717, 1.165) is 5.39 Å². The van der Waals surface area contributed by atoms with Crippen LogP contribution < -0.4 is 5.73 Å². The Hall–Kier alpha value is -2.69. The van der Waals surface area contributed by atoms with Gasteiger partial charge in [0.15, 0.2) is 0 Å². The van der Waals surface area contributed by atoms with Crippen molar-refractivity contribution >= 4 is 22.5 Å². The summed E-state index contributed by atoms with van der Waals surface area (Å²) in [6.45, 7) is 0. The number of para-hydroxylation sites is 1. The van der Waals surface area contributed by atoms with Crippen molar-refractivity contribution in [1.29, 1.82) is 0 Å². The minimum Gasteiger partial charge on any atom is -0.383 e. The zero-order valence-corrected chi connectivity index (χ0v) is 9.42. The first-order valence-corrected chi connectivity index (χ1v) is 5.44. The van der Waals surface area contributed by atoms with Crippen LogP contribution in [-0.4, -0.2) is 21.0 Å². The fourth-order valence-corrected chi connectivity index (χ4v) is 1.91. The number of rotatable bonds is 2. The number of nitrogens with zero attached hydrogens (tertiary/aromatic N) is 2. The van der Waals surface area contributed by atoms with Crippen molar-refractivity contribution < 1.29 is 4.79 Å². The number of benzene rings is 1. The van der Waals surface area contributed by atoms with Gasteiger partial charge in [-0.15, -0.1) is 0 Å². The number of pyridine rings is 1. The molecule has 3 N–H and O–H groups in total. The number of carbonyl (C=O) groups is 1. The fraction of sp³-hybridized carbons (Fsp3) is 0. The lowest BCUT2D eigenvalue weighted by Gasteiger charge is -2.03. The van der Waals surface area contributed by atoms with Crippen LogP contribution in [0.4, 0.5) is 5.82 Å². The van der Waals surface area contributed by atoms with Crippen LogP contribution in [-0.2, 0) is 0 Å². The fourth-order valence-electron chi connectivity index (χ4n) is 1.91. The molecule has 0 fully saturated rings. The number of nitrogens with two attached hydrogens (primary N) is 1. The molecule has 0 amide bonds. The molecule has 0 atom stereocenters. The largest absolute Gasteiger partial charge is 0.383 e. The third-order valence-electron chi connectivity index (χ3n) is 2.79. The Morgan fingerprint density at radius 3 is 2.78 bits per heavy atom. The molecule has 5 nitrogen and oxygen atoms in total. The maximum absolute atomic E-state index is 12.4. The van der Waals surface area contributed by atoms with Gasteiger partial charge in [-0.25, -0.2) is 0 Å². The molecule has 5 heteroatoms. The van der Waals surface area contributed by atoms with Gasteiger partial charge in [0.25, 0.3) is 0 Å². The van der Waals surface area contributed by atoms with E-state index < -0.39 is 0 Å². The van der Waals surface area contributed by atoms with E-state index in [1.165, 1.54) is 6.20 Å². The molecule has 0 bridgehead atoms. The minimum absolute atomic E-state index is 0.175. The highest BCUT2D eigenvalue weighted by atomic mass is 16.1. The number of hydrogen-bond donors (Lipinski definition) is 2. The molecule has 1 aromatic carbocycles. The summed E-state index contributed by atoms with van der Waals surface area (Å²) in [4.78, 5) is 16.6. The van der Waals surface area contributed by atoms with Crippen LogP contribution in [0, 0.1) is 0 Å². The SMILES string of the molecule is Nc1[nH]ncc1C(=O)c1cccc2cccnc12. The zero-order valence-electron chi connectivity index (χ0n) is 9.42. The number of nitrogens with one attached hydrogen (secondary N) is 1. The second kappa shape index (κ2) is 3.96. The lowest BCUT2D eigenvalue weighted by Crippen LogP contribution is -2.04. The number of aromatic amines is 1. The van der Waals surface area contributed by atoms with Crippen LogP contribution in [0.2, 0.25) is 0 Å². The van der Waals surface area contributed by atoms with Crippen LogP contribution in [0.25, 0.3) is 10.9 Å². The second-order valence-electron chi connectivity index (χ2n) is 3.91. The molecule has 18 heavy (non-hydrogen) atoms. The van der Waals surface area contributed by atoms with E-state index in [-0.39, 0.29) is 11.6 Å². The van der Waals surface area contributed by atoms with Crippen LogP contribution in [0.5, 0.6) is 0 Å². The Kier molecular flexibility index (Phi) is 2.30. The lowest BCUT2D eigenvalue weighted by atomic mass is 10.0. The van der Waals surface area contributed by atoms with Crippen LogP contribution in [0.1, 0.15) is 15.9 Å². The number of aromatic nitrogens is 3. The highest BCUT2D eigenvalue weighted by Crippen LogP contribution is 2.20. The predicted molar refractivity (Wildman–Crippen MR) is 68.2 cm³/mol. The molecule has 0 aliphatic carbocycles. The van der Waals surface area contributed by atoms with Gasteiger partial charge in [0, 0.05) is 17.1 Å². The van der Waals surface area contributed by atoms with E-state index in [2.05, 4.69) is 15.2 Å². The van der Waals surface area contributed by atoms with Gasteiger partial charge >= 0.3 is 0 Å². The second-order valence-corrected chi connectivity index (χ2v) is 3.91. The number of carbonyl (C=O) groups excluding carboxylic acids is 1. The molecular formula is C13H10N4O. The van der Waals surface area contributed by atoms with Gasteiger partial charge < -0.3 is 5.73 Å². The summed E-state index contributed by atoms with van der Waals surface area (Å²) in [5.41, 5.74) is 7.23. The van der Waals surface area contributed by atoms with Gasteiger partial charge in [0.05, 0.1) is 17.3 Å². The van der Waals surface area contributed by atoms with E-state index in [1.54, 1.807) is 12.3 Å². The maximum Gasteiger partial charge on any atom is 0.200 e. The molecule has 3 aromatic rings. The molecular weight excluding hydrogens is 228 g/mol. The molecule has 88 valence electrons. The first-order valence-electron chi connectivity index (χ1n) is 5.44. The molecule has 2 heterocycles. The molecule has 0 radical (unpaired) electrons. The number of nitrogen functional groups attached to an aromatic ring is 1. The van der Waals surface area contributed by atoms with Crippen molar-refractivity contribution in [2.75, 3.05) is 5.73 Å². The van der Waals surface area contributed by atoms with Crippen molar-refractivity contribution in [1.82, 2.24) is 15.2 Å².